The molecule has 4 nitrogen and oxygen atoms in total. The van der Waals surface area contributed by atoms with Crippen molar-refractivity contribution < 1.29 is 4.79 Å². The Labute approximate surface area is 166 Å². The highest BCUT2D eigenvalue weighted by Crippen LogP contribution is 2.25. The molecule has 28 heavy (non-hydrogen) atoms. The molecule has 0 atom stereocenters. The summed E-state index contributed by atoms with van der Waals surface area (Å²) in [5.41, 5.74) is 4.44. The first-order chi connectivity index (χ1) is 13.6. The summed E-state index contributed by atoms with van der Waals surface area (Å²) in [6.45, 7) is 7.57. The van der Waals surface area contributed by atoms with Crippen molar-refractivity contribution in [3.63, 3.8) is 0 Å². The number of allylic oxidation sites excluding steroid dienone is 2. The van der Waals surface area contributed by atoms with Gasteiger partial charge in [0, 0.05) is 30.3 Å². The van der Waals surface area contributed by atoms with Crippen LogP contribution in [-0.4, -0.2) is 23.9 Å². The minimum absolute atomic E-state index is 0.0804. The van der Waals surface area contributed by atoms with Crippen molar-refractivity contribution in [1.29, 1.82) is 5.26 Å². The zero-order chi connectivity index (χ0) is 19.9. The zero-order valence-electron chi connectivity index (χ0n) is 16.2. The predicted octanol–water partition coefficient (Wildman–Crippen LogP) is 4.71. The summed E-state index contributed by atoms with van der Waals surface area (Å²) in [4.78, 5) is 14.7. The van der Waals surface area contributed by atoms with E-state index >= 15 is 0 Å². The SMILES string of the molecule is C=C(N/C=C\C)C1CCN(C(=O)c2ccc(-c3ccc(C#N)cc3)cc2)CC1. The Hall–Kier alpha value is -3.32. The molecule has 0 bridgehead atoms. The summed E-state index contributed by atoms with van der Waals surface area (Å²) >= 11 is 0. The second-order valence-electron chi connectivity index (χ2n) is 7.00. The van der Waals surface area contributed by atoms with Gasteiger partial charge in [0.25, 0.3) is 5.91 Å². The van der Waals surface area contributed by atoms with E-state index in [4.69, 9.17) is 5.26 Å². The number of hydrogen-bond acceptors (Lipinski definition) is 3. The quantitative estimate of drug-likeness (QED) is 0.828. The highest BCUT2D eigenvalue weighted by Gasteiger charge is 2.24. The van der Waals surface area contributed by atoms with Gasteiger partial charge in [-0.2, -0.15) is 5.26 Å². The normalized spacial score (nSPS) is 14.6. The first-order valence-corrected chi connectivity index (χ1v) is 9.58. The summed E-state index contributed by atoms with van der Waals surface area (Å²) in [6.07, 6.45) is 5.71. The molecular weight excluding hydrogens is 346 g/mol. The van der Waals surface area contributed by atoms with Crippen LogP contribution >= 0.6 is 0 Å². The van der Waals surface area contributed by atoms with E-state index in [9.17, 15) is 4.79 Å². The molecule has 0 radical (unpaired) electrons. The molecule has 0 unspecified atom stereocenters. The van der Waals surface area contributed by atoms with Crippen molar-refractivity contribution >= 4 is 5.91 Å². The van der Waals surface area contributed by atoms with Crippen LogP contribution in [-0.2, 0) is 0 Å². The number of benzene rings is 2. The van der Waals surface area contributed by atoms with Crippen LogP contribution in [0.25, 0.3) is 11.1 Å². The Morgan fingerprint density at radius 1 is 1.11 bits per heavy atom. The molecule has 1 amide bonds. The molecule has 0 aromatic heterocycles. The third-order valence-electron chi connectivity index (χ3n) is 5.19. The van der Waals surface area contributed by atoms with E-state index < -0.39 is 0 Å². The second kappa shape index (κ2) is 9.05. The molecule has 1 N–H and O–H groups in total. The van der Waals surface area contributed by atoms with Crippen molar-refractivity contribution in [3.05, 3.63) is 84.2 Å². The lowest BCUT2D eigenvalue weighted by molar-refractivity contribution is 0.0701. The van der Waals surface area contributed by atoms with E-state index in [1.165, 1.54) is 0 Å². The Bertz CT molecular complexity index is 896. The highest BCUT2D eigenvalue weighted by atomic mass is 16.2. The monoisotopic (exact) mass is 371 g/mol. The zero-order valence-corrected chi connectivity index (χ0v) is 16.2. The fourth-order valence-corrected chi connectivity index (χ4v) is 3.46. The topological polar surface area (TPSA) is 56.1 Å². The van der Waals surface area contributed by atoms with Crippen molar-refractivity contribution in [3.8, 4) is 17.2 Å². The predicted molar refractivity (Wildman–Crippen MR) is 112 cm³/mol. The minimum Gasteiger partial charge on any atom is -0.366 e. The van der Waals surface area contributed by atoms with Gasteiger partial charge in [-0.25, -0.2) is 0 Å². The van der Waals surface area contributed by atoms with Gasteiger partial charge < -0.3 is 10.2 Å². The van der Waals surface area contributed by atoms with E-state index in [1.54, 1.807) is 12.1 Å². The van der Waals surface area contributed by atoms with Crippen LogP contribution < -0.4 is 5.32 Å². The Morgan fingerprint density at radius 3 is 2.21 bits per heavy atom. The second-order valence-corrected chi connectivity index (χ2v) is 7.00. The van der Waals surface area contributed by atoms with Gasteiger partial charge in [-0.1, -0.05) is 36.9 Å². The highest BCUT2D eigenvalue weighted by molar-refractivity contribution is 5.94. The van der Waals surface area contributed by atoms with E-state index in [-0.39, 0.29) is 5.91 Å². The number of hydrogen-bond donors (Lipinski definition) is 1. The minimum atomic E-state index is 0.0804. The number of nitriles is 1. The first-order valence-electron chi connectivity index (χ1n) is 9.58. The van der Waals surface area contributed by atoms with Crippen LogP contribution in [0.5, 0.6) is 0 Å². The van der Waals surface area contributed by atoms with E-state index in [2.05, 4.69) is 18.0 Å². The van der Waals surface area contributed by atoms with Crippen molar-refractivity contribution in [2.45, 2.75) is 19.8 Å². The molecule has 4 heteroatoms. The molecule has 1 aliphatic rings. The molecule has 0 aliphatic carbocycles. The number of piperidine rings is 1. The van der Waals surface area contributed by atoms with Crippen LogP contribution in [0, 0.1) is 17.2 Å². The summed E-state index contributed by atoms with van der Waals surface area (Å²) in [6, 6.07) is 17.3. The van der Waals surface area contributed by atoms with E-state index in [1.807, 2.05) is 60.5 Å². The summed E-state index contributed by atoms with van der Waals surface area (Å²) in [7, 11) is 0. The van der Waals surface area contributed by atoms with Gasteiger partial charge in [-0.15, -0.1) is 0 Å². The van der Waals surface area contributed by atoms with Gasteiger partial charge in [0.05, 0.1) is 11.6 Å². The van der Waals surface area contributed by atoms with Crippen LogP contribution in [0.2, 0.25) is 0 Å². The third kappa shape index (κ3) is 4.50. The smallest absolute Gasteiger partial charge is 0.253 e. The molecule has 0 saturated carbocycles. The molecule has 2 aromatic rings. The maximum Gasteiger partial charge on any atom is 0.253 e. The first kappa shape index (κ1) is 19.4. The Balaban J connectivity index is 1.60. The van der Waals surface area contributed by atoms with Gasteiger partial charge in [-0.3, -0.25) is 4.79 Å². The van der Waals surface area contributed by atoms with Crippen LogP contribution in [0.1, 0.15) is 35.7 Å². The lowest BCUT2D eigenvalue weighted by Crippen LogP contribution is -2.39. The Kier molecular flexibility index (Phi) is 6.29. The van der Waals surface area contributed by atoms with Crippen LogP contribution in [0.3, 0.4) is 0 Å². The lowest BCUT2D eigenvalue weighted by Gasteiger charge is -2.33. The van der Waals surface area contributed by atoms with Crippen LogP contribution in [0.4, 0.5) is 0 Å². The summed E-state index contributed by atoms with van der Waals surface area (Å²) in [5, 5.41) is 12.1. The van der Waals surface area contributed by atoms with Gasteiger partial charge in [0.15, 0.2) is 0 Å². The molecule has 3 rings (SSSR count). The number of nitrogens with one attached hydrogen (secondary N) is 1. The average Bonchev–Trinajstić information content (AvgIpc) is 2.77. The largest absolute Gasteiger partial charge is 0.366 e. The average molecular weight is 371 g/mol. The molecule has 1 saturated heterocycles. The van der Waals surface area contributed by atoms with E-state index in [0.29, 0.717) is 17.0 Å². The number of nitrogens with zero attached hydrogens (tertiary/aromatic N) is 2. The number of rotatable bonds is 5. The molecule has 1 aliphatic heterocycles. The maximum absolute atomic E-state index is 12.8. The van der Waals surface area contributed by atoms with E-state index in [0.717, 1.165) is 42.8 Å². The Morgan fingerprint density at radius 2 is 1.68 bits per heavy atom. The van der Waals surface area contributed by atoms with Crippen molar-refractivity contribution in [2.24, 2.45) is 5.92 Å². The molecule has 0 spiro atoms. The number of carbonyl (C=O) groups excluding carboxylic acids is 1. The van der Waals surface area contributed by atoms with Crippen molar-refractivity contribution in [1.82, 2.24) is 10.2 Å². The van der Waals surface area contributed by atoms with Gasteiger partial charge in [0.1, 0.15) is 0 Å². The maximum atomic E-state index is 12.8. The fourth-order valence-electron chi connectivity index (χ4n) is 3.46. The number of amides is 1. The number of likely N-dealkylation sites (tertiary alicyclic amines) is 1. The van der Waals surface area contributed by atoms with Gasteiger partial charge >= 0.3 is 0 Å². The fraction of sp³-hybridized carbons (Fsp3) is 0.250. The molecule has 142 valence electrons. The third-order valence-corrected chi connectivity index (χ3v) is 5.19. The molecule has 1 fully saturated rings. The van der Waals surface area contributed by atoms with Gasteiger partial charge in [0.2, 0.25) is 0 Å². The summed E-state index contributed by atoms with van der Waals surface area (Å²) < 4.78 is 0. The number of carbonyl (C=O) groups is 1. The lowest BCUT2D eigenvalue weighted by atomic mass is 9.93. The molecular formula is C24H25N3O. The molecule has 1 heterocycles. The molecule has 2 aromatic carbocycles. The standard InChI is InChI=1S/C24H25N3O/c1-3-14-26-18(2)20-12-15-27(16-13-20)24(28)23-10-8-22(9-11-23)21-6-4-19(17-25)5-7-21/h3-11,14,20,26H,2,12-13,15-16H2,1H3/b14-3-. The summed E-state index contributed by atoms with van der Waals surface area (Å²) in [5.74, 6) is 0.482. The van der Waals surface area contributed by atoms with Gasteiger partial charge in [-0.05, 0) is 61.4 Å². The van der Waals surface area contributed by atoms with Crippen LogP contribution in [0.15, 0.2) is 73.1 Å². The van der Waals surface area contributed by atoms with Crippen molar-refractivity contribution in [2.75, 3.05) is 13.1 Å².